The minimum absolute atomic E-state index is 0.649. The van der Waals surface area contributed by atoms with Crippen LogP contribution >= 0.6 is 0 Å². The summed E-state index contributed by atoms with van der Waals surface area (Å²) in [7, 11) is 1.65. The van der Waals surface area contributed by atoms with Gasteiger partial charge in [0.05, 0.1) is 31.9 Å². The highest BCUT2D eigenvalue weighted by molar-refractivity contribution is 5.83. The van der Waals surface area contributed by atoms with E-state index in [0.717, 1.165) is 50.3 Å². The average molecular weight is 299 g/mol. The number of anilines is 1. The van der Waals surface area contributed by atoms with Crippen LogP contribution in [0.3, 0.4) is 0 Å². The minimum Gasteiger partial charge on any atom is -0.481 e. The molecule has 0 radical (unpaired) electrons. The van der Waals surface area contributed by atoms with Gasteiger partial charge < -0.3 is 14.4 Å². The van der Waals surface area contributed by atoms with Crippen molar-refractivity contribution in [3.8, 4) is 5.88 Å². The van der Waals surface area contributed by atoms with Gasteiger partial charge in [0.15, 0.2) is 0 Å². The zero-order valence-corrected chi connectivity index (χ0v) is 12.9. The molecule has 0 saturated carbocycles. The number of benzene rings is 1. The van der Waals surface area contributed by atoms with E-state index in [4.69, 9.17) is 9.47 Å². The molecule has 5 nitrogen and oxygen atoms in total. The van der Waals surface area contributed by atoms with Crippen molar-refractivity contribution >= 4 is 16.6 Å². The number of piperazine rings is 1. The van der Waals surface area contributed by atoms with Gasteiger partial charge in [-0.05, 0) is 24.3 Å². The molecule has 0 aliphatic carbocycles. The first-order chi connectivity index (χ1) is 10.8. The van der Waals surface area contributed by atoms with Crippen molar-refractivity contribution in [3.05, 3.63) is 30.3 Å². The Morgan fingerprint density at radius 3 is 2.59 bits per heavy atom. The molecular formula is C17H21N3O2. The quantitative estimate of drug-likeness (QED) is 0.863. The summed E-state index contributed by atoms with van der Waals surface area (Å²) in [5, 5.41) is 1.16. The van der Waals surface area contributed by atoms with Crippen molar-refractivity contribution in [2.24, 2.45) is 0 Å². The summed E-state index contributed by atoms with van der Waals surface area (Å²) < 4.78 is 10.5. The Morgan fingerprint density at radius 1 is 1.09 bits per heavy atom. The first-order valence-corrected chi connectivity index (χ1v) is 7.85. The lowest BCUT2D eigenvalue weighted by Crippen LogP contribution is -2.56. The molecule has 0 spiro atoms. The van der Waals surface area contributed by atoms with Crippen LogP contribution < -0.4 is 9.64 Å². The van der Waals surface area contributed by atoms with Crippen LogP contribution in [0.5, 0.6) is 5.88 Å². The van der Waals surface area contributed by atoms with Crippen molar-refractivity contribution in [3.63, 3.8) is 0 Å². The minimum atomic E-state index is 0.649. The fourth-order valence-electron chi connectivity index (χ4n) is 3.18. The molecule has 4 rings (SSSR count). The van der Waals surface area contributed by atoms with E-state index in [-0.39, 0.29) is 0 Å². The van der Waals surface area contributed by atoms with Crippen LogP contribution in [0.15, 0.2) is 30.3 Å². The van der Waals surface area contributed by atoms with E-state index in [1.165, 1.54) is 5.69 Å². The number of nitrogens with zero attached hydrogens (tertiary/aromatic N) is 3. The first-order valence-electron chi connectivity index (χ1n) is 7.85. The number of ether oxygens (including phenoxy) is 2. The Labute approximate surface area is 130 Å². The van der Waals surface area contributed by atoms with Gasteiger partial charge in [0.1, 0.15) is 0 Å². The highest BCUT2D eigenvalue weighted by atomic mass is 16.5. The van der Waals surface area contributed by atoms with Crippen LogP contribution in [-0.4, -0.2) is 62.4 Å². The second-order valence-corrected chi connectivity index (χ2v) is 5.94. The third-order valence-electron chi connectivity index (χ3n) is 4.67. The van der Waals surface area contributed by atoms with Gasteiger partial charge in [-0.1, -0.05) is 0 Å². The van der Waals surface area contributed by atoms with Crippen LogP contribution in [0.2, 0.25) is 0 Å². The summed E-state index contributed by atoms with van der Waals surface area (Å²) >= 11 is 0. The van der Waals surface area contributed by atoms with Gasteiger partial charge >= 0.3 is 0 Å². The van der Waals surface area contributed by atoms with Gasteiger partial charge in [0, 0.05) is 43.3 Å². The maximum absolute atomic E-state index is 5.29. The van der Waals surface area contributed by atoms with E-state index in [0.29, 0.717) is 11.9 Å². The molecule has 5 heteroatoms. The van der Waals surface area contributed by atoms with Crippen LogP contribution in [0.25, 0.3) is 10.9 Å². The number of methoxy groups -OCH3 is 1. The molecule has 3 heterocycles. The Balaban J connectivity index is 1.49. The second-order valence-electron chi connectivity index (χ2n) is 5.94. The van der Waals surface area contributed by atoms with Gasteiger partial charge in [-0.15, -0.1) is 0 Å². The number of aromatic nitrogens is 1. The maximum Gasteiger partial charge on any atom is 0.213 e. The average Bonchev–Trinajstić information content (AvgIpc) is 2.53. The fraction of sp³-hybridized carbons (Fsp3) is 0.471. The van der Waals surface area contributed by atoms with E-state index < -0.39 is 0 Å². The monoisotopic (exact) mass is 299 g/mol. The standard InChI is InChI=1S/C17H21N3O2/c1-21-17-5-2-13-10-14(3-4-16(13)18-17)19-6-8-20(9-7-19)15-11-22-12-15/h2-5,10,15H,6-9,11-12H2,1H3. The van der Waals surface area contributed by atoms with Crippen molar-refractivity contribution in [1.82, 2.24) is 9.88 Å². The second kappa shape index (κ2) is 5.74. The zero-order chi connectivity index (χ0) is 14.9. The van der Waals surface area contributed by atoms with Crippen LogP contribution in [-0.2, 0) is 4.74 Å². The molecule has 1 aromatic heterocycles. The zero-order valence-electron chi connectivity index (χ0n) is 12.9. The van der Waals surface area contributed by atoms with Gasteiger partial charge in [0.2, 0.25) is 5.88 Å². The lowest BCUT2D eigenvalue weighted by atomic mass is 10.1. The van der Waals surface area contributed by atoms with E-state index in [1.807, 2.05) is 6.07 Å². The van der Waals surface area contributed by atoms with Crippen molar-refractivity contribution in [2.45, 2.75) is 6.04 Å². The summed E-state index contributed by atoms with van der Waals surface area (Å²) in [6, 6.07) is 11.1. The van der Waals surface area contributed by atoms with Crippen molar-refractivity contribution in [1.29, 1.82) is 0 Å². The molecule has 2 aliphatic heterocycles. The number of rotatable bonds is 3. The van der Waals surface area contributed by atoms with Gasteiger partial charge in [-0.2, -0.15) is 0 Å². The normalized spacial score (nSPS) is 20.1. The number of pyridine rings is 1. The largest absolute Gasteiger partial charge is 0.481 e. The molecule has 0 bridgehead atoms. The van der Waals surface area contributed by atoms with Crippen LogP contribution in [0.4, 0.5) is 5.69 Å². The number of hydrogen-bond donors (Lipinski definition) is 0. The highest BCUT2D eigenvalue weighted by Crippen LogP contribution is 2.24. The van der Waals surface area contributed by atoms with Crippen molar-refractivity contribution in [2.75, 3.05) is 51.4 Å². The molecule has 0 N–H and O–H groups in total. The predicted octanol–water partition coefficient (Wildman–Crippen LogP) is 1.76. The molecular weight excluding hydrogens is 278 g/mol. The molecule has 22 heavy (non-hydrogen) atoms. The van der Waals surface area contributed by atoms with Crippen molar-refractivity contribution < 1.29 is 9.47 Å². The molecule has 2 aliphatic rings. The summed E-state index contributed by atoms with van der Waals surface area (Å²) in [5.41, 5.74) is 2.26. The Hall–Kier alpha value is -1.85. The molecule has 2 fully saturated rings. The van der Waals surface area contributed by atoms with Crippen LogP contribution in [0.1, 0.15) is 0 Å². The van der Waals surface area contributed by atoms with E-state index in [9.17, 15) is 0 Å². The first kappa shape index (κ1) is 13.8. The fourth-order valence-corrected chi connectivity index (χ4v) is 3.18. The molecule has 0 amide bonds. The summed E-state index contributed by atoms with van der Waals surface area (Å²) in [4.78, 5) is 9.48. The SMILES string of the molecule is COc1ccc2cc(N3CCN(C4COC4)CC3)ccc2n1. The number of hydrogen-bond acceptors (Lipinski definition) is 5. The molecule has 0 unspecified atom stereocenters. The summed E-state index contributed by atoms with van der Waals surface area (Å²) in [6.45, 7) is 6.20. The van der Waals surface area contributed by atoms with E-state index >= 15 is 0 Å². The molecule has 1 aromatic carbocycles. The van der Waals surface area contributed by atoms with Crippen LogP contribution in [0, 0.1) is 0 Å². The third-order valence-corrected chi connectivity index (χ3v) is 4.67. The highest BCUT2D eigenvalue weighted by Gasteiger charge is 2.28. The maximum atomic E-state index is 5.29. The smallest absolute Gasteiger partial charge is 0.213 e. The Kier molecular flexibility index (Phi) is 3.60. The Morgan fingerprint density at radius 2 is 1.91 bits per heavy atom. The molecule has 2 aromatic rings. The van der Waals surface area contributed by atoms with Gasteiger partial charge in [-0.3, -0.25) is 4.90 Å². The summed E-state index contributed by atoms with van der Waals surface area (Å²) in [5.74, 6) is 0.664. The van der Waals surface area contributed by atoms with E-state index in [2.05, 4.69) is 39.0 Å². The molecule has 2 saturated heterocycles. The summed E-state index contributed by atoms with van der Waals surface area (Å²) in [6.07, 6.45) is 0. The predicted molar refractivity (Wildman–Crippen MR) is 86.7 cm³/mol. The van der Waals surface area contributed by atoms with Gasteiger partial charge in [0.25, 0.3) is 0 Å². The lowest BCUT2D eigenvalue weighted by molar-refractivity contribution is -0.0660. The molecule has 0 atom stereocenters. The Bertz CT molecular complexity index is 664. The number of fused-ring (bicyclic) bond motifs is 1. The third kappa shape index (κ3) is 2.51. The lowest BCUT2D eigenvalue weighted by Gasteiger charge is -2.43. The van der Waals surface area contributed by atoms with E-state index in [1.54, 1.807) is 7.11 Å². The molecule has 116 valence electrons. The van der Waals surface area contributed by atoms with Gasteiger partial charge in [-0.25, -0.2) is 4.98 Å². The topological polar surface area (TPSA) is 37.8 Å².